The van der Waals surface area contributed by atoms with E-state index in [1.165, 1.54) is 41.7 Å². The lowest BCUT2D eigenvalue weighted by atomic mass is 10.3. The first-order chi connectivity index (χ1) is 14.7. The molecule has 0 unspecified atom stereocenters. The second-order valence-electron chi connectivity index (χ2n) is 6.73. The maximum absolute atomic E-state index is 12.9. The number of methoxy groups -OCH3 is 1. The van der Waals surface area contributed by atoms with Crippen LogP contribution in [0.15, 0.2) is 52.3 Å². The highest BCUT2D eigenvalue weighted by Crippen LogP contribution is 2.31. The molecular weight excluding hydrogens is 440 g/mol. The third-order valence-corrected chi connectivity index (χ3v) is 8.09. The van der Waals surface area contributed by atoms with E-state index in [9.17, 15) is 16.8 Å². The number of hydrogen-bond donors (Lipinski definition) is 1. The van der Waals surface area contributed by atoms with Gasteiger partial charge in [0.15, 0.2) is 0 Å². The van der Waals surface area contributed by atoms with E-state index in [0.29, 0.717) is 25.4 Å². The van der Waals surface area contributed by atoms with Crippen molar-refractivity contribution in [2.75, 3.05) is 31.5 Å². The van der Waals surface area contributed by atoms with E-state index in [2.05, 4.69) is 11.6 Å². The minimum Gasteiger partial charge on any atom is -0.495 e. The van der Waals surface area contributed by atoms with E-state index >= 15 is 0 Å². The zero-order valence-electron chi connectivity index (χ0n) is 18.3. The molecule has 0 bridgehead atoms. The molecule has 0 atom stereocenters. The number of anilines is 1. The molecule has 0 radical (unpaired) electrons. The molecule has 0 aliphatic heterocycles. The summed E-state index contributed by atoms with van der Waals surface area (Å²) in [7, 11) is -6.35. The Hall–Kier alpha value is -2.30. The Labute approximate surface area is 185 Å². The highest BCUT2D eigenvalue weighted by atomic mass is 32.2. The molecule has 0 amide bonds. The molecule has 10 heteroatoms. The number of ether oxygens (including phenoxy) is 2. The van der Waals surface area contributed by atoms with Crippen molar-refractivity contribution in [3.8, 4) is 11.5 Å². The van der Waals surface area contributed by atoms with Gasteiger partial charge >= 0.3 is 0 Å². The Morgan fingerprint density at radius 1 is 0.903 bits per heavy atom. The van der Waals surface area contributed by atoms with E-state index in [4.69, 9.17) is 9.47 Å². The van der Waals surface area contributed by atoms with Gasteiger partial charge in [0.05, 0.1) is 29.2 Å². The third-order valence-electron chi connectivity index (χ3n) is 4.66. The van der Waals surface area contributed by atoms with Gasteiger partial charge in [-0.3, -0.25) is 4.72 Å². The zero-order valence-corrected chi connectivity index (χ0v) is 19.9. The molecule has 1 N–H and O–H groups in total. The molecule has 31 heavy (non-hydrogen) atoms. The summed E-state index contributed by atoms with van der Waals surface area (Å²) < 4.78 is 65.9. The Bertz CT molecular complexity index is 1060. The number of benzene rings is 2. The summed E-state index contributed by atoms with van der Waals surface area (Å²) in [5.41, 5.74) is 0.0407. The van der Waals surface area contributed by atoms with Gasteiger partial charge in [0, 0.05) is 13.1 Å². The van der Waals surface area contributed by atoms with Crippen LogP contribution in [-0.2, 0) is 20.0 Å². The fraction of sp³-hybridized carbons (Fsp3) is 0.429. The number of unbranched alkanes of at least 4 members (excludes halogenated alkanes) is 1. The first-order valence-electron chi connectivity index (χ1n) is 10.1. The largest absolute Gasteiger partial charge is 0.495 e. The number of hydrogen-bond acceptors (Lipinski definition) is 6. The summed E-state index contributed by atoms with van der Waals surface area (Å²) in [6.45, 7) is 6.71. The molecule has 0 aliphatic rings. The van der Waals surface area contributed by atoms with Crippen LogP contribution in [0.1, 0.15) is 33.6 Å². The highest BCUT2D eigenvalue weighted by molar-refractivity contribution is 7.92. The summed E-state index contributed by atoms with van der Waals surface area (Å²) in [4.78, 5) is 0.00349. The molecular formula is C21H30N2O6S2. The third kappa shape index (κ3) is 6.11. The Morgan fingerprint density at radius 3 is 2.06 bits per heavy atom. The second-order valence-corrected chi connectivity index (χ2v) is 10.4. The van der Waals surface area contributed by atoms with Crippen molar-refractivity contribution in [3.63, 3.8) is 0 Å². The molecule has 0 aromatic heterocycles. The van der Waals surface area contributed by atoms with Crippen LogP contribution in [0.2, 0.25) is 0 Å². The first kappa shape index (κ1) is 25.0. The van der Waals surface area contributed by atoms with Crippen LogP contribution in [0, 0.1) is 0 Å². The summed E-state index contributed by atoms with van der Waals surface area (Å²) in [6, 6.07) is 10.1. The van der Waals surface area contributed by atoms with Gasteiger partial charge in [0.1, 0.15) is 11.5 Å². The Balaban J connectivity index is 2.33. The number of nitrogens with one attached hydrogen (secondary N) is 1. The van der Waals surface area contributed by atoms with E-state index in [1.54, 1.807) is 26.0 Å². The Morgan fingerprint density at radius 2 is 1.52 bits per heavy atom. The smallest absolute Gasteiger partial charge is 0.262 e. The SMILES string of the molecule is CCCCOc1ccc(S(=O)(=O)Nc2cc(S(=O)(=O)N(CC)CC)ccc2OC)cc1. The maximum Gasteiger partial charge on any atom is 0.262 e. The van der Waals surface area contributed by atoms with E-state index in [0.717, 1.165) is 12.8 Å². The summed E-state index contributed by atoms with van der Waals surface area (Å²) in [5.74, 6) is 0.791. The first-order valence-corrected chi connectivity index (χ1v) is 13.1. The second kappa shape index (κ2) is 10.8. The standard InChI is InChI=1S/C21H30N2O6S2/c1-5-8-15-29-17-9-11-18(12-10-17)30(24,25)22-20-16-19(13-14-21(20)28-4)31(26,27)23(6-2)7-3/h9-14,16,22H,5-8,15H2,1-4H3. The van der Waals surface area contributed by atoms with Crippen LogP contribution in [0.25, 0.3) is 0 Å². The van der Waals surface area contributed by atoms with Crippen molar-refractivity contribution in [1.29, 1.82) is 0 Å². The van der Waals surface area contributed by atoms with Gasteiger partial charge in [0.2, 0.25) is 10.0 Å². The van der Waals surface area contributed by atoms with Gasteiger partial charge in [-0.05, 0) is 48.9 Å². The minimum absolute atomic E-state index is 0.0191. The number of sulfonamides is 2. The monoisotopic (exact) mass is 470 g/mol. The average molecular weight is 471 g/mol. The van der Waals surface area contributed by atoms with Gasteiger partial charge in [-0.25, -0.2) is 16.8 Å². The predicted molar refractivity (Wildman–Crippen MR) is 121 cm³/mol. The van der Waals surface area contributed by atoms with Crippen LogP contribution < -0.4 is 14.2 Å². The molecule has 0 saturated carbocycles. The van der Waals surface area contributed by atoms with Crippen LogP contribution in [-0.4, -0.2) is 47.9 Å². The lowest BCUT2D eigenvalue weighted by Gasteiger charge is -2.20. The fourth-order valence-electron chi connectivity index (χ4n) is 2.89. The van der Waals surface area contributed by atoms with Crippen LogP contribution in [0.5, 0.6) is 11.5 Å². The molecule has 0 fully saturated rings. The van der Waals surface area contributed by atoms with Crippen molar-refractivity contribution in [2.24, 2.45) is 0 Å². The van der Waals surface area contributed by atoms with E-state index in [-0.39, 0.29) is 21.2 Å². The molecule has 172 valence electrons. The quantitative estimate of drug-likeness (QED) is 0.475. The van der Waals surface area contributed by atoms with Gasteiger partial charge in [0.25, 0.3) is 10.0 Å². The molecule has 2 aromatic carbocycles. The predicted octanol–water partition coefficient (Wildman–Crippen LogP) is 3.71. The lowest BCUT2D eigenvalue weighted by molar-refractivity contribution is 0.309. The van der Waals surface area contributed by atoms with E-state index < -0.39 is 20.0 Å². The van der Waals surface area contributed by atoms with Crippen LogP contribution in [0.3, 0.4) is 0 Å². The van der Waals surface area contributed by atoms with Crippen LogP contribution >= 0.6 is 0 Å². The van der Waals surface area contributed by atoms with Gasteiger partial charge in [-0.15, -0.1) is 0 Å². The maximum atomic E-state index is 12.9. The zero-order chi connectivity index (χ0) is 23.1. The normalized spacial score (nSPS) is 12.0. The van der Waals surface area contributed by atoms with Gasteiger partial charge in [-0.2, -0.15) is 4.31 Å². The molecule has 0 saturated heterocycles. The Kier molecular flexibility index (Phi) is 8.72. The molecule has 2 rings (SSSR count). The fourth-order valence-corrected chi connectivity index (χ4v) is 5.44. The molecule has 0 spiro atoms. The van der Waals surface area contributed by atoms with Gasteiger partial charge < -0.3 is 9.47 Å². The summed E-state index contributed by atoms with van der Waals surface area (Å²) in [6.07, 6.45) is 1.91. The van der Waals surface area contributed by atoms with Crippen molar-refractivity contribution in [1.82, 2.24) is 4.31 Å². The average Bonchev–Trinajstić information content (AvgIpc) is 2.74. The lowest BCUT2D eigenvalue weighted by Crippen LogP contribution is -2.30. The molecule has 2 aromatic rings. The van der Waals surface area contributed by atoms with Gasteiger partial charge in [-0.1, -0.05) is 27.2 Å². The minimum atomic E-state index is -3.98. The molecule has 8 nitrogen and oxygen atoms in total. The molecule has 0 aliphatic carbocycles. The number of rotatable bonds is 12. The summed E-state index contributed by atoms with van der Waals surface area (Å²) in [5, 5.41) is 0. The molecule has 0 heterocycles. The highest BCUT2D eigenvalue weighted by Gasteiger charge is 2.24. The van der Waals surface area contributed by atoms with Crippen molar-refractivity contribution in [2.45, 2.75) is 43.4 Å². The topological polar surface area (TPSA) is 102 Å². The van der Waals surface area contributed by atoms with Crippen molar-refractivity contribution < 1.29 is 26.3 Å². The van der Waals surface area contributed by atoms with Crippen molar-refractivity contribution in [3.05, 3.63) is 42.5 Å². The van der Waals surface area contributed by atoms with E-state index in [1.807, 2.05) is 0 Å². The van der Waals surface area contributed by atoms with Crippen molar-refractivity contribution >= 4 is 25.7 Å². The van der Waals surface area contributed by atoms with Crippen LogP contribution in [0.4, 0.5) is 5.69 Å². The summed E-state index contributed by atoms with van der Waals surface area (Å²) >= 11 is 0. The number of nitrogens with zero attached hydrogens (tertiary/aromatic N) is 1.